The first-order valence-corrected chi connectivity index (χ1v) is 7.78. The lowest BCUT2D eigenvalue weighted by molar-refractivity contribution is 0.137. The van der Waals surface area contributed by atoms with Crippen molar-refractivity contribution in [2.45, 2.75) is 38.8 Å². The van der Waals surface area contributed by atoms with Crippen LogP contribution in [0.15, 0.2) is 18.5 Å². The second-order valence-corrected chi connectivity index (χ2v) is 6.29. The predicted molar refractivity (Wildman–Crippen MR) is 86.5 cm³/mol. The van der Waals surface area contributed by atoms with Gasteiger partial charge in [-0.2, -0.15) is 5.10 Å². The summed E-state index contributed by atoms with van der Waals surface area (Å²) in [6.45, 7) is 6.23. The van der Waals surface area contributed by atoms with Gasteiger partial charge in [0.1, 0.15) is 5.82 Å². The van der Waals surface area contributed by atoms with Gasteiger partial charge in [0.15, 0.2) is 5.82 Å². The highest BCUT2D eigenvalue weighted by atomic mass is 15.3. The van der Waals surface area contributed by atoms with Gasteiger partial charge in [0.05, 0.1) is 11.7 Å². The lowest BCUT2D eigenvalue weighted by Crippen LogP contribution is -2.39. The van der Waals surface area contributed by atoms with Gasteiger partial charge in [-0.25, -0.2) is 9.97 Å². The summed E-state index contributed by atoms with van der Waals surface area (Å²) in [6, 6.07) is 1.98. The molecule has 0 aliphatic carbocycles. The van der Waals surface area contributed by atoms with Crippen molar-refractivity contribution in [2.24, 2.45) is 7.05 Å². The summed E-state index contributed by atoms with van der Waals surface area (Å²) in [5.74, 6) is 1.80. The third-order valence-electron chi connectivity index (χ3n) is 4.51. The van der Waals surface area contributed by atoms with E-state index in [9.17, 15) is 0 Å². The van der Waals surface area contributed by atoms with Crippen molar-refractivity contribution in [2.75, 3.05) is 18.9 Å². The first-order chi connectivity index (χ1) is 10.5. The summed E-state index contributed by atoms with van der Waals surface area (Å²) in [5.41, 5.74) is 2.12. The van der Waals surface area contributed by atoms with Crippen LogP contribution in [0.5, 0.6) is 0 Å². The quantitative estimate of drug-likeness (QED) is 0.936. The van der Waals surface area contributed by atoms with Gasteiger partial charge in [-0.15, -0.1) is 0 Å². The Morgan fingerprint density at radius 1 is 1.36 bits per heavy atom. The molecule has 1 atom stereocenters. The van der Waals surface area contributed by atoms with Gasteiger partial charge in [0.2, 0.25) is 0 Å². The number of likely N-dealkylation sites (tertiary alicyclic amines) is 1. The molecule has 6 nitrogen and oxygen atoms in total. The van der Waals surface area contributed by atoms with Crippen LogP contribution in [0.4, 0.5) is 5.82 Å². The van der Waals surface area contributed by atoms with E-state index in [0.29, 0.717) is 0 Å². The third kappa shape index (κ3) is 2.70. The van der Waals surface area contributed by atoms with Gasteiger partial charge >= 0.3 is 0 Å². The number of anilines is 1. The van der Waals surface area contributed by atoms with Crippen molar-refractivity contribution in [1.29, 1.82) is 0 Å². The summed E-state index contributed by atoms with van der Waals surface area (Å²) < 4.78 is 1.85. The van der Waals surface area contributed by atoms with Crippen LogP contribution >= 0.6 is 0 Å². The molecule has 1 aliphatic heterocycles. The Morgan fingerprint density at radius 2 is 2.18 bits per heavy atom. The normalized spacial score (nSPS) is 22.2. The minimum absolute atomic E-state index is 0.118. The van der Waals surface area contributed by atoms with Crippen LogP contribution in [-0.4, -0.2) is 38.2 Å². The van der Waals surface area contributed by atoms with E-state index in [0.717, 1.165) is 36.8 Å². The van der Waals surface area contributed by atoms with E-state index >= 15 is 0 Å². The topological polar surface area (TPSA) is 58.9 Å². The summed E-state index contributed by atoms with van der Waals surface area (Å²) in [4.78, 5) is 11.9. The molecule has 3 rings (SSSR count). The largest absolute Gasteiger partial charge is 0.373 e. The number of nitrogens with one attached hydrogen (secondary N) is 1. The molecule has 0 unspecified atom stereocenters. The molecule has 2 aromatic rings. The smallest absolute Gasteiger partial charge is 0.150 e. The Bertz CT molecular complexity index is 664. The van der Waals surface area contributed by atoms with Crippen LogP contribution in [0.2, 0.25) is 0 Å². The standard InChI is InChI=1S/C16H24N6/c1-12-8-14(17-3)20-15(19-12)16(2)6-5-7-22(16)11-13-9-18-21(4)10-13/h8-10H,5-7,11H2,1-4H3,(H,17,19,20)/t16-/m1/s1. The van der Waals surface area contributed by atoms with Gasteiger partial charge < -0.3 is 5.32 Å². The fraction of sp³-hybridized carbons (Fsp3) is 0.562. The summed E-state index contributed by atoms with van der Waals surface area (Å²) in [7, 11) is 3.85. The maximum atomic E-state index is 4.72. The summed E-state index contributed by atoms with van der Waals surface area (Å²) in [6.07, 6.45) is 6.27. The SMILES string of the molecule is CNc1cc(C)nc([C@@]2(C)CCCN2Cc2cnn(C)c2)n1. The summed E-state index contributed by atoms with van der Waals surface area (Å²) in [5, 5.41) is 7.40. The lowest BCUT2D eigenvalue weighted by Gasteiger charge is -2.34. The zero-order chi connectivity index (χ0) is 15.7. The van der Waals surface area contributed by atoms with E-state index in [1.165, 1.54) is 12.0 Å². The highest BCUT2D eigenvalue weighted by Crippen LogP contribution is 2.38. The number of aromatic nitrogens is 4. The molecule has 0 bridgehead atoms. The van der Waals surface area contributed by atoms with E-state index in [1.807, 2.05) is 38.0 Å². The Labute approximate surface area is 131 Å². The van der Waals surface area contributed by atoms with Gasteiger partial charge in [0, 0.05) is 44.2 Å². The number of rotatable bonds is 4. The first kappa shape index (κ1) is 15.0. The molecule has 1 saturated heterocycles. The molecule has 0 aromatic carbocycles. The first-order valence-electron chi connectivity index (χ1n) is 7.78. The van der Waals surface area contributed by atoms with Gasteiger partial charge in [-0.1, -0.05) is 0 Å². The van der Waals surface area contributed by atoms with Crippen LogP contribution in [0.3, 0.4) is 0 Å². The molecule has 118 valence electrons. The molecule has 2 aromatic heterocycles. The molecular formula is C16H24N6. The molecular weight excluding hydrogens is 276 g/mol. The van der Waals surface area contributed by atoms with Gasteiger partial charge in [-0.3, -0.25) is 9.58 Å². The van der Waals surface area contributed by atoms with Crippen LogP contribution in [-0.2, 0) is 19.1 Å². The average Bonchev–Trinajstić information content (AvgIpc) is 3.06. The molecule has 6 heteroatoms. The maximum Gasteiger partial charge on any atom is 0.150 e. The Hall–Kier alpha value is -1.95. The predicted octanol–water partition coefficient (Wildman–Crippen LogP) is 2.07. The fourth-order valence-corrected chi connectivity index (χ4v) is 3.24. The van der Waals surface area contributed by atoms with Gasteiger partial charge in [0.25, 0.3) is 0 Å². The average molecular weight is 300 g/mol. The van der Waals surface area contributed by atoms with E-state index in [4.69, 9.17) is 9.97 Å². The number of aryl methyl sites for hydroxylation is 2. The van der Waals surface area contributed by atoms with Crippen LogP contribution < -0.4 is 5.32 Å². The number of nitrogens with zero attached hydrogens (tertiary/aromatic N) is 5. The van der Waals surface area contributed by atoms with E-state index in [2.05, 4.69) is 28.4 Å². The minimum atomic E-state index is -0.118. The highest BCUT2D eigenvalue weighted by Gasteiger charge is 2.40. The minimum Gasteiger partial charge on any atom is -0.373 e. The van der Waals surface area contributed by atoms with Crippen molar-refractivity contribution in [1.82, 2.24) is 24.6 Å². The summed E-state index contributed by atoms with van der Waals surface area (Å²) >= 11 is 0. The van der Waals surface area contributed by atoms with Crippen molar-refractivity contribution < 1.29 is 0 Å². The second kappa shape index (κ2) is 5.68. The maximum absolute atomic E-state index is 4.72. The molecule has 1 N–H and O–H groups in total. The Balaban J connectivity index is 1.91. The molecule has 3 heterocycles. The molecule has 1 aliphatic rings. The van der Waals surface area contributed by atoms with E-state index in [-0.39, 0.29) is 5.54 Å². The fourth-order valence-electron chi connectivity index (χ4n) is 3.24. The molecule has 22 heavy (non-hydrogen) atoms. The van der Waals surface area contributed by atoms with Gasteiger partial charge in [-0.05, 0) is 33.2 Å². The van der Waals surface area contributed by atoms with Crippen molar-refractivity contribution in [3.05, 3.63) is 35.5 Å². The zero-order valence-corrected chi connectivity index (χ0v) is 13.8. The lowest BCUT2D eigenvalue weighted by atomic mass is 9.97. The molecule has 0 spiro atoms. The highest BCUT2D eigenvalue weighted by molar-refractivity contribution is 5.36. The van der Waals surface area contributed by atoms with Crippen molar-refractivity contribution in [3.8, 4) is 0 Å². The van der Waals surface area contributed by atoms with Crippen LogP contribution in [0.25, 0.3) is 0 Å². The molecule has 0 radical (unpaired) electrons. The van der Waals surface area contributed by atoms with E-state index in [1.54, 1.807) is 0 Å². The molecule has 0 saturated carbocycles. The van der Waals surface area contributed by atoms with Crippen molar-refractivity contribution in [3.63, 3.8) is 0 Å². The second-order valence-electron chi connectivity index (χ2n) is 6.29. The number of hydrogen-bond donors (Lipinski definition) is 1. The van der Waals surface area contributed by atoms with Crippen molar-refractivity contribution >= 4 is 5.82 Å². The third-order valence-corrected chi connectivity index (χ3v) is 4.51. The molecule has 1 fully saturated rings. The van der Waals surface area contributed by atoms with E-state index < -0.39 is 0 Å². The Kier molecular flexibility index (Phi) is 3.87. The monoisotopic (exact) mass is 300 g/mol. The number of hydrogen-bond acceptors (Lipinski definition) is 5. The Morgan fingerprint density at radius 3 is 2.86 bits per heavy atom. The van der Waals surface area contributed by atoms with Crippen LogP contribution in [0.1, 0.15) is 36.8 Å². The molecule has 0 amide bonds. The zero-order valence-electron chi connectivity index (χ0n) is 13.8. The van der Waals surface area contributed by atoms with Crippen LogP contribution in [0, 0.1) is 6.92 Å².